The quantitative estimate of drug-likeness (QED) is 0.364. The molecular formula is C24H15ClN2O3. The van der Waals surface area contributed by atoms with Crippen molar-refractivity contribution in [3.63, 3.8) is 0 Å². The Morgan fingerprint density at radius 3 is 2.53 bits per heavy atom. The molecule has 2 N–H and O–H groups in total. The van der Waals surface area contributed by atoms with E-state index in [4.69, 9.17) is 16.0 Å². The average molecular weight is 415 g/mol. The lowest BCUT2D eigenvalue weighted by Crippen LogP contribution is -2.20. The molecule has 0 saturated heterocycles. The molecular weight excluding hydrogens is 400 g/mol. The number of nitrogens with one attached hydrogen (secondary N) is 2. The van der Waals surface area contributed by atoms with Crippen molar-refractivity contribution in [3.05, 3.63) is 99.9 Å². The molecule has 0 aliphatic rings. The molecule has 0 saturated carbocycles. The number of para-hydroxylation sites is 1. The minimum atomic E-state index is -0.690. The van der Waals surface area contributed by atoms with E-state index in [0.717, 1.165) is 22.2 Å². The van der Waals surface area contributed by atoms with Crippen LogP contribution in [0.25, 0.3) is 33.1 Å². The number of halogens is 1. The number of aromatic amines is 1. The fraction of sp³-hybridized carbons (Fsp3) is 0. The van der Waals surface area contributed by atoms with Crippen LogP contribution in [0.2, 0.25) is 5.02 Å². The fourth-order valence-electron chi connectivity index (χ4n) is 3.52. The Hall–Kier alpha value is -3.83. The number of hydrogen-bond donors (Lipinski definition) is 2. The Morgan fingerprint density at radius 1 is 0.933 bits per heavy atom. The topological polar surface area (TPSA) is 75.1 Å². The molecule has 30 heavy (non-hydrogen) atoms. The maximum absolute atomic E-state index is 13.1. The van der Waals surface area contributed by atoms with E-state index in [2.05, 4.69) is 10.3 Å². The van der Waals surface area contributed by atoms with Crippen molar-refractivity contribution in [1.82, 2.24) is 4.98 Å². The average Bonchev–Trinajstić information content (AvgIpc) is 3.11. The van der Waals surface area contributed by atoms with E-state index in [1.807, 2.05) is 42.5 Å². The van der Waals surface area contributed by atoms with Gasteiger partial charge in [0.05, 0.1) is 11.4 Å². The van der Waals surface area contributed by atoms with E-state index in [0.29, 0.717) is 21.7 Å². The van der Waals surface area contributed by atoms with Crippen molar-refractivity contribution in [2.75, 3.05) is 5.32 Å². The van der Waals surface area contributed by atoms with Gasteiger partial charge in [-0.3, -0.25) is 4.79 Å². The number of hydrogen-bond acceptors (Lipinski definition) is 3. The summed E-state index contributed by atoms with van der Waals surface area (Å²) in [6.07, 6.45) is 0. The summed E-state index contributed by atoms with van der Waals surface area (Å²) in [5.74, 6) is -0.549. The number of H-pyrrole nitrogens is 1. The number of carbonyl (C=O) groups is 1. The summed E-state index contributed by atoms with van der Waals surface area (Å²) in [7, 11) is 0. The van der Waals surface area contributed by atoms with Gasteiger partial charge in [0, 0.05) is 26.9 Å². The van der Waals surface area contributed by atoms with Crippen molar-refractivity contribution in [1.29, 1.82) is 0 Å². The summed E-state index contributed by atoms with van der Waals surface area (Å²) < 4.78 is 5.31. The van der Waals surface area contributed by atoms with Crippen molar-refractivity contribution in [3.8, 4) is 11.3 Å². The Labute approximate surface area is 175 Å². The molecule has 0 bridgehead atoms. The Morgan fingerprint density at radius 2 is 1.70 bits per heavy atom. The van der Waals surface area contributed by atoms with Gasteiger partial charge in [-0.15, -0.1) is 0 Å². The molecule has 6 heteroatoms. The van der Waals surface area contributed by atoms with Gasteiger partial charge < -0.3 is 14.7 Å². The van der Waals surface area contributed by atoms with Crippen LogP contribution in [0.4, 0.5) is 5.69 Å². The van der Waals surface area contributed by atoms with Crippen molar-refractivity contribution < 1.29 is 9.21 Å². The van der Waals surface area contributed by atoms with Crippen LogP contribution in [0.5, 0.6) is 0 Å². The second-order valence-electron chi connectivity index (χ2n) is 6.87. The van der Waals surface area contributed by atoms with Gasteiger partial charge in [0.15, 0.2) is 0 Å². The zero-order chi connectivity index (χ0) is 20.7. The number of rotatable bonds is 3. The Kier molecular flexibility index (Phi) is 4.38. The molecule has 0 fully saturated rings. The number of amides is 1. The van der Waals surface area contributed by atoms with E-state index in [-0.39, 0.29) is 5.56 Å². The highest BCUT2D eigenvalue weighted by atomic mass is 35.5. The minimum absolute atomic E-state index is 0.0657. The van der Waals surface area contributed by atoms with E-state index in [1.165, 1.54) is 0 Å². The molecule has 0 atom stereocenters. The van der Waals surface area contributed by atoms with Crippen LogP contribution < -0.4 is 10.9 Å². The summed E-state index contributed by atoms with van der Waals surface area (Å²) in [4.78, 5) is 28.8. The van der Waals surface area contributed by atoms with Crippen molar-refractivity contribution >= 4 is 45.1 Å². The molecule has 5 aromatic rings. The van der Waals surface area contributed by atoms with E-state index in [9.17, 15) is 9.59 Å². The van der Waals surface area contributed by atoms with Crippen LogP contribution in [-0.2, 0) is 0 Å². The van der Waals surface area contributed by atoms with Crippen LogP contribution in [0.1, 0.15) is 10.4 Å². The number of anilines is 1. The predicted molar refractivity (Wildman–Crippen MR) is 119 cm³/mol. The lowest BCUT2D eigenvalue weighted by molar-refractivity contribution is 0.102. The number of carbonyl (C=O) groups excluding carboxylic acids is 1. The second-order valence-corrected chi connectivity index (χ2v) is 7.31. The molecule has 2 heterocycles. The molecule has 0 unspecified atom stereocenters. The van der Waals surface area contributed by atoms with Gasteiger partial charge in [-0.25, -0.2) is 4.79 Å². The van der Waals surface area contributed by atoms with Crippen LogP contribution >= 0.6 is 11.6 Å². The standard InChI is InChI=1S/C24H15ClN2O3/c25-16-10-11-19-17(13-16)22(21(26-19)14-6-2-1-3-7-14)27-23(28)18-12-15-8-4-5-9-20(15)30-24(18)29/h1-13,26H,(H,27,28). The summed E-state index contributed by atoms with van der Waals surface area (Å²) in [6, 6.07) is 23.6. The largest absolute Gasteiger partial charge is 0.422 e. The van der Waals surface area contributed by atoms with Crippen molar-refractivity contribution in [2.24, 2.45) is 0 Å². The lowest BCUT2D eigenvalue weighted by atomic mass is 10.1. The normalized spacial score (nSPS) is 11.1. The molecule has 0 aliphatic heterocycles. The highest BCUT2D eigenvalue weighted by Gasteiger charge is 2.19. The molecule has 1 amide bonds. The van der Waals surface area contributed by atoms with Crippen LogP contribution in [0, 0.1) is 0 Å². The highest BCUT2D eigenvalue weighted by molar-refractivity contribution is 6.31. The van der Waals surface area contributed by atoms with E-state index >= 15 is 0 Å². The lowest BCUT2D eigenvalue weighted by Gasteiger charge is -2.08. The number of benzene rings is 3. The summed E-state index contributed by atoms with van der Waals surface area (Å²) >= 11 is 6.20. The van der Waals surface area contributed by atoms with Gasteiger partial charge in [-0.05, 0) is 30.3 Å². The molecule has 0 radical (unpaired) electrons. The third kappa shape index (κ3) is 3.15. The van der Waals surface area contributed by atoms with E-state index < -0.39 is 11.5 Å². The molecule has 2 aromatic heterocycles. The van der Waals surface area contributed by atoms with Crippen molar-refractivity contribution in [2.45, 2.75) is 0 Å². The zero-order valence-electron chi connectivity index (χ0n) is 15.6. The maximum Gasteiger partial charge on any atom is 0.349 e. The van der Waals surface area contributed by atoms with Gasteiger partial charge in [0.25, 0.3) is 5.91 Å². The number of aromatic nitrogens is 1. The first kappa shape index (κ1) is 18.2. The third-order valence-corrected chi connectivity index (χ3v) is 5.18. The van der Waals surface area contributed by atoms with Gasteiger partial charge in [0.2, 0.25) is 0 Å². The zero-order valence-corrected chi connectivity index (χ0v) is 16.4. The van der Waals surface area contributed by atoms with Gasteiger partial charge in [0.1, 0.15) is 11.1 Å². The monoisotopic (exact) mass is 414 g/mol. The number of fused-ring (bicyclic) bond motifs is 2. The Balaban J connectivity index is 1.65. The molecule has 5 nitrogen and oxygen atoms in total. The maximum atomic E-state index is 13.1. The molecule has 0 spiro atoms. The van der Waals surface area contributed by atoms with Crippen LogP contribution in [0.3, 0.4) is 0 Å². The van der Waals surface area contributed by atoms with Crippen LogP contribution in [-0.4, -0.2) is 10.9 Å². The van der Waals surface area contributed by atoms with Crippen LogP contribution in [0.15, 0.2) is 88.1 Å². The van der Waals surface area contributed by atoms with Gasteiger partial charge >= 0.3 is 5.63 Å². The SMILES string of the molecule is O=C(Nc1c(-c2ccccc2)[nH]c2ccc(Cl)cc12)c1cc2ccccc2oc1=O. The van der Waals surface area contributed by atoms with Gasteiger partial charge in [-0.2, -0.15) is 0 Å². The first-order chi connectivity index (χ1) is 14.6. The smallest absolute Gasteiger partial charge is 0.349 e. The molecule has 3 aromatic carbocycles. The summed E-state index contributed by atoms with van der Waals surface area (Å²) in [5.41, 5.74) is 2.67. The Bertz CT molecular complexity index is 1470. The molecule has 146 valence electrons. The fourth-order valence-corrected chi connectivity index (χ4v) is 3.69. The summed E-state index contributed by atoms with van der Waals surface area (Å²) in [6.45, 7) is 0. The first-order valence-electron chi connectivity index (χ1n) is 9.31. The van der Waals surface area contributed by atoms with E-state index in [1.54, 1.807) is 36.4 Å². The molecule has 5 rings (SSSR count). The summed E-state index contributed by atoms with van der Waals surface area (Å²) in [5, 5.41) is 4.86. The second kappa shape index (κ2) is 7.21. The minimum Gasteiger partial charge on any atom is -0.422 e. The first-order valence-corrected chi connectivity index (χ1v) is 9.69. The highest BCUT2D eigenvalue weighted by Crippen LogP contribution is 2.36. The predicted octanol–water partition coefficient (Wildman–Crippen LogP) is 5.85. The van der Waals surface area contributed by atoms with Gasteiger partial charge in [-0.1, -0.05) is 60.1 Å². The third-order valence-electron chi connectivity index (χ3n) is 4.95. The molecule has 0 aliphatic carbocycles.